The molecule has 0 radical (unpaired) electrons. The molecule has 1 heterocycles. The monoisotopic (exact) mass is 328 g/mol. The Morgan fingerprint density at radius 2 is 2.14 bits per heavy atom. The van der Waals surface area contributed by atoms with E-state index in [-0.39, 0.29) is 17.2 Å². The molecule has 114 valence electrons. The van der Waals surface area contributed by atoms with Gasteiger partial charge >= 0.3 is 5.97 Å². The molecule has 21 heavy (non-hydrogen) atoms. The molecule has 2 rings (SSSR count). The molecule has 0 bridgehead atoms. The molecule has 8 heteroatoms. The number of carbonyl (C=O) groups is 1. The lowest BCUT2D eigenvalue weighted by Gasteiger charge is -2.16. The molecule has 0 fully saturated rings. The number of nitrogens with one attached hydrogen (secondary N) is 1. The van der Waals surface area contributed by atoms with Gasteiger partial charge in [0, 0.05) is 0 Å². The van der Waals surface area contributed by atoms with Gasteiger partial charge in [-0.1, -0.05) is 13.8 Å². The van der Waals surface area contributed by atoms with Gasteiger partial charge in [0.15, 0.2) is 0 Å². The zero-order chi connectivity index (χ0) is 15.6. The number of benzene rings is 1. The summed E-state index contributed by atoms with van der Waals surface area (Å²) in [5.41, 5.74) is 2.35. The Morgan fingerprint density at radius 1 is 1.43 bits per heavy atom. The number of hydrogen-bond acceptors (Lipinski definition) is 5. The summed E-state index contributed by atoms with van der Waals surface area (Å²) in [6.07, 6.45) is 0.233. The third kappa shape index (κ3) is 3.78. The highest BCUT2D eigenvalue weighted by Crippen LogP contribution is 2.22. The molecule has 0 aliphatic heterocycles. The molecule has 2 aromatic rings. The summed E-state index contributed by atoms with van der Waals surface area (Å²) < 4.78 is 27.6. The smallest absolute Gasteiger partial charge is 0.321 e. The van der Waals surface area contributed by atoms with Gasteiger partial charge in [-0.25, -0.2) is 13.4 Å². The Labute approximate surface area is 126 Å². The van der Waals surface area contributed by atoms with Gasteiger partial charge in [0.05, 0.1) is 20.6 Å². The third-order valence-corrected chi connectivity index (χ3v) is 5.18. The van der Waals surface area contributed by atoms with Crippen LogP contribution in [-0.2, 0) is 14.8 Å². The molecular formula is C13H16N2O4S2. The Morgan fingerprint density at radius 3 is 2.76 bits per heavy atom. The lowest BCUT2D eigenvalue weighted by Crippen LogP contribution is -2.41. The predicted octanol–water partition coefficient (Wildman–Crippen LogP) is 2.07. The second kappa shape index (κ2) is 6.08. The zero-order valence-corrected chi connectivity index (χ0v) is 13.2. The van der Waals surface area contributed by atoms with E-state index in [1.807, 2.05) is 13.8 Å². The van der Waals surface area contributed by atoms with E-state index in [9.17, 15) is 13.2 Å². The van der Waals surface area contributed by atoms with Crippen molar-refractivity contribution in [2.24, 2.45) is 5.92 Å². The fourth-order valence-electron chi connectivity index (χ4n) is 1.93. The molecule has 0 aliphatic carbocycles. The van der Waals surface area contributed by atoms with Gasteiger partial charge in [-0.3, -0.25) is 4.79 Å². The summed E-state index contributed by atoms with van der Waals surface area (Å²) >= 11 is 1.33. The molecule has 0 amide bonds. The van der Waals surface area contributed by atoms with Crippen molar-refractivity contribution in [1.29, 1.82) is 0 Å². The highest BCUT2D eigenvalue weighted by atomic mass is 32.2. The number of fused-ring (bicyclic) bond motifs is 1. The second-order valence-corrected chi connectivity index (χ2v) is 7.72. The number of rotatable bonds is 6. The number of thiazole rings is 1. The Balaban J connectivity index is 2.29. The van der Waals surface area contributed by atoms with Crippen LogP contribution >= 0.6 is 11.3 Å². The summed E-state index contributed by atoms with van der Waals surface area (Å²) in [5.74, 6) is -1.11. The van der Waals surface area contributed by atoms with Gasteiger partial charge in [-0.2, -0.15) is 4.72 Å². The molecule has 1 atom stereocenters. The van der Waals surface area contributed by atoms with Crippen LogP contribution < -0.4 is 4.72 Å². The zero-order valence-electron chi connectivity index (χ0n) is 11.6. The van der Waals surface area contributed by atoms with E-state index in [0.717, 1.165) is 10.2 Å². The number of sulfonamides is 1. The first-order valence-electron chi connectivity index (χ1n) is 6.38. The number of aromatic nitrogens is 1. The fraction of sp³-hybridized carbons (Fsp3) is 0.385. The van der Waals surface area contributed by atoms with E-state index in [1.165, 1.54) is 23.5 Å². The van der Waals surface area contributed by atoms with E-state index in [1.54, 1.807) is 11.6 Å². The van der Waals surface area contributed by atoms with Gasteiger partial charge in [-0.15, -0.1) is 11.3 Å². The number of hydrogen-bond donors (Lipinski definition) is 2. The predicted molar refractivity (Wildman–Crippen MR) is 80.8 cm³/mol. The Bertz CT molecular complexity index is 752. The first kappa shape index (κ1) is 15.9. The minimum atomic E-state index is -3.87. The lowest BCUT2D eigenvalue weighted by atomic mass is 10.1. The van der Waals surface area contributed by atoms with Crippen LogP contribution in [-0.4, -0.2) is 30.5 Å². The molecular weight excluding hydrogens is 312 g/mol. The van der Waals surface area contributed by atoms with Crippen molar-refractivity contribution in [2.45, 2.75) is 31.2 Å². The highest BCUT2D eigenvalue weighted by Gasteiger charge is 2.26. The normalized spacial score (nSPS) is 13.7. The number of nitrogens with zero attached hydrogens (tertiary/aromatic N) is 1. The van der Waals surface area contributed by atoms with Crippen LogP contribution in [0.5, 0.6) is 0 Å². The first-order valence-corrected chi connectivity index (χ1v) is 8.74. The van der Waals surface area contributed by atoms with Crippen LogP contribution in [0.25, 0.3) is 10.2 Å². The van der Waals surface area contributed by atoms with Gasteiger partial charge in [-0.05, 0) is 30.5 Å². The highest BCUT2D eigenvalue weighted by molar-refractivity contribution is 7.89. The lowest BCUT2D eigenvalue weighted by molar-refractivity contribution is -0.139. The van der Waals surface area contributed by atoms with Gasteiger partial charge < -0.3 is 5.11 Å². The summed E-state index contributed by atoms with van der Waals surface area (Å²) in [6, 6.07) is 3.41. The van der Waals surface area contributed by atoms with Gasteiger partial charge in [0.25, 0.3) is 0 Å². The van der Waals surface area contributed by atoms with Crippen molar-refractivity contribution >= 4 is 37.5 Å². The summed E-state index contributed by atoms with van der Waals surface area (Å²) in [7, 11) is -3.87. The second-order valence-electron chi connectivity index (χ2n) is 5.12. The quantitative estimate of drug-likeness (QED) is 0.846. The first-order chi connectivity index (χ1) is 9.79. The fourth-order valence-corrected chi connectivity index (χ4v) is 3.95. The molecule has 0 unspecified atom stereocenters. The van der Waals surface area contributed by atoms with Crippen LogP contribution in [0.2, 0.25) is 0 Å². The van der Waals surface area contributed by atoms with Crippen molar-refractivity contribution in [3.8, 4) is 0 Å². The van der Waals surface area contributed by atoms with Crippen LogP contribution in [0.15, 0.2) is 28.6 Å². The minimum Gasteiger partial charge on any atom is -0.480 e. The van der Waals surface area contributed by atoms with Crippen molar-refractivity contribution < 1.29 is 18.3 Å². The molecule has 1 aromatic heterocycles. The molecule has 2 N–H and O–H groups in total. The van der Waals surface area contributed by atoms with Crippen LogP contribution in [0, 0.1) is 5.92 Å². The molecule has 6 nitrogen and oxygen atoms in total. The van der Waals surface area contributed by atoms with Crippen LogP contribution in [0.4, 0.5) is 0 Å². The average molecular weight is 328 g/mol. The number of carboxylic acid groups (broad SMARTS) is 1. The summed E-state index contributed by atoms with van der Waals surface area (Å²) in [4.78, 5) is 15.3. The van der Waals surface area contributed by atoms with E-state index in [2.05, 4.69) is 9.71 Å². The van der Waals surface area contributed by atoms with E-state index in [0.29, 0.717) is 0 Å². The van der Waals surface area contributed by atoms with Crippen molar-refractivity contribution in [1.82, 2.24) is 9.71 Å². The Kier molecular flexibility index (Phi) is 4.60. The minimum absolute atomic E-state index is 0.0502. The van der Waals surface area contributed by atoms with Crippen molar-refractivity contribution in [3.63, 3.8) is 0 Å². The topological polar surface area (TPSA) is 96.4 Å². The number of carboxylic acids is 1. The largest absolute Gasteiger partial charge is 0.480 e. The molecule has 0 aliphatic rings. The van der Waals surface area contributed by atoms with Gasteiger partial charge in [0.2, 0.25) is 10.0 Å². The maximum Gasteiger partial charge on any atom is 0.321 e. The van der Waals surface area contributed by atoms with Gasteiger partial charge in [0.1, 0.15) is 6.04 Å². The maximum absolute atomic E-state index is 12.3. The standard InChI is InChI=1S/C13H16N2O4S2/c1-8(2)5-11(13(16)17)15-21(18,19)9-3-4-10-12(6-9)20-7-14-10/h3-4,6-8,11,15H,5H2,1-2H3,(H,16,17)/t11-/m1/s1. The SMILES string of the molecule is CC(C)C[C@@H](NS(=O)(=O)c1ccc2ncsc2c1)C(=O)O. The van der Waals surface area contributed by atoms with Crippen LogP contribution in [0.1, 0.15) is 20.3 Å². The van der Waals surface area contributed by atoms with Crippen LogP contribution in [0.3, 0.4) is 0 Å². The summed E-state index contributed by atoms with van der Waals surface area (Å²) in [6.45, 7) is 3.68. The van der Waals surface area contributed by atoms with Crippen molar-refractivity contribution in [3.05, 3.63) is 23.7 Å². The van der Waals surface area contributed by atoms with E-state index in [4.69, 9.17) is 5.11 Å². The molecule has 0 saturated carbocycles. The third-order valence-electron chi connectivity index (χ3n) is 2.92. The molecule has 0 spiro atoms. The molecule has 0 saturated heterocycles. The van der Waals surface area contributed by atoms with E-state index >= 15 is 0 Å². The number of aliphatic carboxylic acids is 1. The average Bonchev–Trinajstić information content (AvgIpc) is 2.84. The summed E-state index contributed by atoms with van der Waals surface area (Å²) in [5, 5.41) is 9.14. The maximum atomic E-state index is 12.3. The van der Waals surface area contributed by atoms with E-state index < -0.39 is 22.0 Å². The molecule has 1 aromatic carbocycles. The van der Waals surface area contributed by atoms with Crippen molar-refractivity contribution in [2.75, 3.05) is 0 Å². The Hall–Kier alpha value is -1.51.